The molecule has 0 aliphatic rings. The molecule has 8 heteroatoms. The molecule has 0 unspecified atom stereocenters. The highest BCUT2D eigenvalue weighted by Crippen LogP contribution is 2.19. The summed E-state index contributed by atoms with van der Waals surface area (Å²) in [6, 6.07) is 4.00. The highest BCUT2D eigenvalue weighted by Gasteiger charge is 2.22. The van der Waals surface area contributed by atoms with Crippen molar-refractivity contribution in [3.05, 3.63) is 32.9 Å². The van der Waals surface area contributed by atoms with Crippen molar-refractivity contribution in [3.63, 3.8) is 0 Å². The van der Waals surface area contributed by atoms with Gasteiger partial charge in [-0.2, -0.15) is 0 Å². The summed E-state index contributed by atoms with van der Waals surface area (Å²) < 4.78 is 6.22. The second kappa shape index (κ2) is 8.61. The van der Waals surface area contributed by atoms with Crippen molar-refractivity contribution in [2.45, 2.75) is 45.4 Å². The van der Waals surface area contributed by atoms with Crippen LogP contribution in [0, 0.1) is 3.57 Å². The van der Waals surface area contributed by atoms with Gasteiger partial charge in [-0.3, -0.25) is 9.59 Å². The number of carboxylic acids is 1. The number of hydrogen-bond donors (Lipinski definition) is 2. The summed E-state index contributed by atoms with van der Waals surface area (Å²) in [4.78, 5) is 36.4. The largest absolute Gasteiger partial charge is 0.481 e. The normalized spacial score (nSPS) is 12.4. The number of esters is 1. The fourth-order valence-electron chi connectivity index (χ4n) is 2.05. The van der Waals surface area contributed by atoms with Crippen molar-refractivity contribution >= 4 is 40.4 Å². The fraction of sp³-hybridized carbons (Fsp3) is 0.471. The SMILES string of the molecule is CN(Cc1cc(C(=O)OC(C)(C)C)ccc1I)C(=O)[C@@H](N)CC(=O)O. The maximum Gasteiger partial charge on any atom is 0.338 e. The summed E-state index contributed by atoms with van der Waals surface area (Å²) in [5.41, 5.74) is 6.15. The Balaban J connectivity index is 2.91. The Morgan fingerprint density at radius 1 is 1.32 bits per heavy atom. The number of carboxylic acid groups (broad SMARTS) is 1. The van der Waals surface area contributed by atoms with E-state index in [9.17, 15) is 14.4 Å². The molecular formula is C17H23IN2O5. The minimum atomic E-state index is -1.13. The van der Waals surface area contributed by atoms with Crippen LogP contribution in [0.1, 0.15) is 43.1 Å². The Kier molecular flexibility index (Phi) is 7.36. The van der Waals surface area contributed by atoms with Crippen molar-refractivity contribution in [2.24, 2.45) is 5.73 Å². The van der Waals surface area contributed by atoms with Gasteiger partial charge in [0.05, 0.1) is 18.0 Å². The summed E-state index contributed by atoms with van der Waals surface area (Å²) >= 11 is 2.11. The van der Waals surface area contributed by atoms with Crippen LogP contribution >= 0.6 is 22.6 Å². The second-order valence-corrected chi connectivity index (χ2v) is 7.87. The standard InChI is InChI=1S/C17H23IN2O5/c1-17(2,3)25-16(24)10-5-6-12(18)11(7-10)9-20(4)15(23)13(19)8-14(21)22/h5-7,13H,8-9,19H2,1-4H3,(H,21,22)/t13-/m0/s1. The monoisotopic (exact) mass is 462 g/mol. The van der Waals surface area contributed by atoms with Crippen LogP contribution in [-0.4, -0.2) is 46.5 Å². The lowest BCUT2D eigenvalue weighted by atomic mass is 10.1. The minimum Gasteiger partial charge on any atom is -0.481 e. The first-order chi connectivity index (χ1) is 11.4. The van der Waals surface area contributed by atoms with Gasteiger partial charge in [0, 0.05) is 17.2 Å². The summed E-state index contributed by atoms with van der Waals surface area (Å²) in [5.74, 6) is -2.04. The molecule has 0 heterocycles. The van der Waals surface area contributed by atoms with E-state index >= 15 is 0 Å². The zero-order chi connectivity index (χ0) is 19.4. The van der Waals surface area contributed by atoms with Gasteiger partial charge >= 0.3 is 11.9 Å². The van der Waals surface area contributed by atoms with E-state index in [0.29, 0.717) is 5.56 Å². The van der Waals surface area contributed by atoms with E-state index in [0.717, 1.165) is 9.13 Å². The Morgan fingerprint density at radius 2 is 1.92 bits per heavy atom. The highest BCUT2D eigenvalue weighted by molar-refractivity contribution is 14.1. The molecule has 0 bridgehead atoms. The van der Waals surface area contributed by atoms with Gasteiger partial charge in [-0.05, 0) is 67.1 Å². The van der Waals surface area contributed by atoms with Crippen LogP contribution in [0.25, 0.3) is 0 Å². The van der Waals surface area contributed by atoms with E-state index in [4.69, 9.17) is 15.6 Å². The summed E-state index contributed by atoms with van der Waals surface area (Å²) in [7, 11) is 1.54. The molecule has 138 valence electrons. The Bertz CT molecular complexity index is 669. The summed E-state index contributed by atoms with van der Waals surface area (Å²) in [5, 5.41) is 8.74. The van der Waals surface area contributed by atoms with Gasteiger partial charge in [0.15, 0.2) is 0 Å². The maximum absolute atomic E-state index is 12.2. The Hall–Kier alpha value is -1.68. The third-order valence-corrected chi connectivity index (χ3v) is 4.23. The van der Waals surface area contributed by atoms with Gasteiger partial charge in [-0.25, -0.2) is 4.79 Å². The number of aliphatic carboxylic acids is 1. The number of likely N-dealkylation sites (N-methyl/N-ethyl adjacent to an activating group) is 1. The summed E-state index contributed by atoms with van der Waals surface area (Å²) in [6.45, 7) is 5.57. The van der Waals surface area contributed by atoms with E-state index in [-0.39, 0.29) is 6.54 Å². The van der Waals surface area contributed by atoms with Crippen LogP contribution in [-0.2, 0) is 20.9 Å². The van der Waals surface area contributed by atoms with E-state index < -0.39 is 35.9 Å². The second-order valence-electron chi connectivity index (χ2n) is 6.71. The van der Waals surface area contributed by atoms with Gasteiger partial charge in [0.25, 0.3) is 0 Å². The van der Waals surface area contributed by atoms with Crippen molar-refractivity contribution in [1.82, 2.24) is 4.90 Å². The first-order valence-electron chi connectivity index (χ1n) is 7.65. The lowest BCUT2D eigenvalue weighted by molar-refractivity contribution is -0.141. The molecule has 1 atom stereocenters. The van der Waals surface area contributed by atoms with E-state index in [1.54, 1.807) is 46.0 Å². The molecule has 3 N–H and O–H groups in total. The molecule has 0 saturated carbocycles. The molecule has 1 aromatic carbocycles. The smallest absolute Gasteiger partial charge is 0.338 e. The highest BCUT2D eigenvalue weighted by atomic mass is 127. The van der Waals surface area contributed by atoms with E-state index in [2.05, 4.69) is 22.6 Å². The number of carbonyl (C=O) groups is 3. The van der Waals surface area contributed by atoms with Gasteiger partial charge in [0.1, 0.15) is 5.60 Å². The zero-order valence-corrected chi connectivity index (χ0v) is 16.9. The number of carbonyl (C=O) groups excluding carboxylic acids is 2. The molecule has 0 saturated heterocycles. The Labute approximate surface area is 160 Å². The zero-order valence-electron chi connectivity index (χ0n) is 14.7. The molecule has 0 aromatic heterocycles. The van der Waals surface area contributed by atoms with Crippen LogP contribution in [0.3, 0.4) is 0 Å². The lowest BCUT2D eigenvalue weighted by Gasteiger charge is -2.22. The third-order valence-electron chi connectivity index (χ3n) is 3.18. The van der Waals surface area contributed by atoms with Crippen molar-refractivity contribution < 1.29 is 24.2 Å². The van der Waals surface area contributed by atoms with Crippen LogP contribution in [0.15, 0.2) is 18.2 Å². The fourth-order valence-corrected chi connectivity index (χ4v) is 2.56. The lowest BCUT2D eigenvalue weighted by Crippen LogP contribution is -2.42. The number of benzene rings is 1. The number of hydrogen-bond acceptors (Lipinski definition) is 5. The number of rotatable bonds is 6. The van der Waals surface area contributed by atoms with Gasteiger partial charge in [-0.1, -0.05) is 0 Å². The first-order valence-corrected chi connectivity index (χ1v) is 8.72. The van der Waals surface area contributed by atoms with Crippen molar-refractivity contribution in [3.8, 4) is 0 Å². The molecule has 1 amide bonds. The van der Waals surface area contributed by atoms with E-state index in [1.165, 1.54) is 4.90 Å². The number of nitrogens with two attached hydrogens (primary N) is 1. The molecule has 0 aliphatic heterocycles. The van der Waals surface area contributed by atoms with Gasteiger partial charge < -0.3 is 20.5 Å². The maximum atomic E-state index is 12.2. The molecule has 0 fully saturated rings. The van der Waals surface area contributed by atoms with Crippen molar-refractivity contribution in [1.29, 1.82) is 0 Å². The average molecular weight is 462 g/mol. The quantitative estimate of drug-likeness (QED) is 0.495. The predicted molar refractivity (Wildman–Crippen MR) is 101 cm³/mol. The minimum absolute atomic E-state index is 0.209. The molecule has 1 aromatic rings. The van der Waals surface area contributed by atoms with Crippen LogP contribution in [0.2, 0.25) is 0 Å². The van der Waals surface area contributed by atoms with Crippen LogP contribution in [0.4, 0.5) is 0 Å². The average Bonchev–Trinajstić information content (AvgIpc) is 2.45. The molecular weight excluding hydrogens is 439 g/mol. The number of halogens is 1. The number of nitrogens with zero attached hydrogens (tertiary/aromatic N) is 1. The molecule has 0 aliphatic carbocycles. The van der Waals surface area contributed by atoms with Crippen molar-refractivity contribution in [2.75, 3.05) is 7.05 Å². The first kappa shape index (κ1) is 21.4. The molecule has 0 radical (unpaired) electrons. The summed E-state index contributed by atoms with van der Waals surface area (Å²) in [6.07, 6.45) is -0.432. The van der Waals surface area contributed by atoms with Crippen LogP contribution < -0.4 is 5.73 Å². The van der Waals surface area contributed by atoms with Gasteiger partial charge in [-0.15, -0.1) is 0 Å². The molecule has 1 rings (SSSR count). The molecule has 7 nitrogen and oxygen atoms in total. The van der Waals surface area contributed by atoms with E-state index in [1.807, 2.05) is 0 Å². The number of amides is 1. The topological polar surface area (TPSA) is 110 Å². The Morgan fingerprint density at radius 3 is 2.44 bits per heavy atom. The predicted octanol–water partition coefficient (Wildman–Crippen LogP) is 2.01. The molecule has 0 spiro atoms. The van der Waals surface area contributed by atoms with Crippen LogP contribution in [0.5, 0.6) is 0 Å². The molecule has 25 heavy (non-hydrogen) atoms. The number of ether oxygens (including phenoxy) is 1. The van der Waals surface area contributed by atoms with Gasteiger partial charge in [0.2, 0.25) is 5.91 Å². The third kappa shape index (κ3) is 6.99.